The molecule has 0 aliphatic rings. The van der Waals surface area contributed by atoms with E-state index < -0.39 is 0 Å². The predicted octanol–water partition coefficient (Wildman–Crippen LogP) is 4.24. The van der Waals surface area contributed by atoms with Gasteiger partial charge in [-0.05, 0) is 23.8 Å². The van der Waals surface area contributed by atoms with E-state index in [1.165, 1.54) is 0 Å². The van der Waals surface area contributed by atoms with Crippen molar-refractivity contribution in [1.82, 2.24) is 0 Å². The van der Waals surface area contributed by atoms with Gasteiger partial charge in [0.25, 0.3) is 0 Å². The van der Waals surface area contributed by atoms with Gasteiger partial charge in [0.15, 0.2) is 5.57 Å². The Morgan fingerprint density at radius 2 is 1.64 bits per heavy atom. The summed E-state index contributed by atoms with van der Waals surface area (Å²) in [6.45, 7) is 0. The minimum Gasteiger partial charge on any atom is -0.345 e. The van der Waals surface area contributed by atoms with E-state index in [9.17, 15) is 0 Å². The number of hydrogen-bond donors (Lipinski definition) is 1. The SMILES string of the molecule is N#CC(C#N)=C(C#N)Nc1ccccc1-c1cccc(Cl)c1. The van der Waals surface area contributed by atoms with Crippen LogP contribution in [0.1, 0.15) is 0 Å². The highest BCUT2D eigenvalue weighted by Gasteiger charge is 2.10. The average Bonchev–Trinajstić information content (AvgIpc) is 2.55. The van der Waals surface area contributed by atoms with Gasteiger partial charge in [0.1, 0.15) is 23.9 Å². The molecule has 0 saturated carbocycles. The van der Waals surface area contributed by atoms with Crippen molar-refractivity contribution in [2.24, 2.45) is 0 Å². The Hall–Kier alpha value is -3.26. The fourth-order valence-electron chi connectivity index (χ4n) is 1.92. The van der Waals surface area contributed by atoms with Gasteiger partial charge in [0.2, 0.25) is 0 Å². The number of nitriles is 3. The molecule has 0 aromatic heterocycles. The maximum absolute atomic E-state index is 9.13. The predicted molar refractivity (Wildman–Crippen MR) is 84.4 cm³/mol. The zero-order valence-electron chi connectivity index (χ0n) is 11.3. The largest absolute Gasteiger partial charge is 0.345 e. The molecular weight excluding hydrogens is 296 g/mol. The van der Waals surface area contributed by atoms with Gasteiger partial charge in [-0.2, -0.15) is 15.8 Å². The molecule has 0 aliphatic heterocycles. The highest BCUT2D eigenvalue weighted by Crippen LogP contribution is 2.30. The Bertz CT molecular complexity index is 847. The summed E-state index contributed by atoms with van der Waals surface area (Å²) in [5, 5.41) is 30.4. The van der Waals surface area contributed by atoms with Gasteiger partial charge in [0, 0.05) is 16.3 Å². The number of benzene rings is 2. The first-order chi connectivity index (χ1) is 10.7. The molecule has 4 nitrogen and oxygen atoms in total. The number of halogens is 1. The molecule has 2 aromatic carbocycles. The third kappa shape index (κ3) is 3.25. The number of allylic oxidation sites excluding steroid dienone is 2. The highest BCUT2D eigenvalue weighted by molar-refractivity contribution is 6.30. The minimum absolute atomic E-state index is 0.0838. The van der Waals surface area contributed by atoms with Gasteiger partial charge in [-0.1, -0.05) is 41.9 Å². The quantitative estimate of drug-likeness (QED) is 0.859. The molecule has 0 saturated heterocycles. The van der Waals surface area contributed by atoms with E-state index in [-0.39, 0.29) is 11.3 Å². The van der Waals surface area contributed by atoms with Crippen molar-refractivity contribution in [3.05, 3.63) is 64.8 Å². The standard InChI is InChI=1S/C17H9ClN4/c18-14-5-3-4-12(8-14)15-6-1-2-7-16(15)22-17(11-21)13(9-19)10-20/h1-8,22H. The average molecular weight is 305 g/mol. The highest BCUT2D eigenvalue weighted by atomic mass is 35.5. The molecule has 22 heavy (non-hydrogen) atoms. The van der Waals surface area contributed by atoms with Crippen molar-refractivity contribution in [2.45, 2.75) is 0 Å². The lowest BCUT2D eigenvalue weighted by Gasteiger charge is -2.11. The van der Waals surface area contributed by atoms with E-state index in [4.69, 9.17) is 27.4 Å². The van der Waals surface area contributed by atoms with Gasteiger partial charge in [-0.25, -0.2) is 0 Å². The summed E-state index contributed by atoms with van der Waals surface area (Å²) >= 11 is 6.01. The molecule has 0 bridgehead atoms. The van der Waals surface area contributed by atoms with Crippen molar-refractivity contribution >= 4 is 17.3 Å². The second-order valence-corrected chi connectivity index (χ2v) is 4.70. The fourth-order valence-corrected chi connectivity index (χ4v) is 2.11. The van der Waals surface area contributed by atoms with Crippen LogP contribution in [0.15, 0.2) is 59.8 Å². The number of nitrogens with one attached hydrogen (secondary N) is 1. The molecule has 0 unspecified atom stereocenters. The second-order valence-electron chi connectivity index (χ2n) is 4.27. The molecule has 0 heterocycles. The summed E-state index contributed by atoms with van der Waals surface area (Å²) < 4.78 is 0. The normalized spacial score (nSPS) is 9.00. The molecule has 2 aromatic rings. The topological polar surface area (TPSA) is 83.4 Å². The Morgan fingerprint density at radius 3 is 2.27 bits per heavy atom. The van der Waals surface area contributed by atoms with Crippen LogP contribution in [0.4, 0.5) is 5.69 Å². The zero-order valence-corrected chi connectivity index (χ0v) is 12.1. The third-order valence-corrected chi connectivity index (χ3v) is 3.14. The van der Waals surface area contributed by atoms with E-state index in [1.807, 2.05) is 30.3 Å². The molecular formula is C17H9ClN4. The van der Waals surface area contributed by atoms with Gasteiger partial charge >= 0.3 is 0 Å². The van der Waals surface area contributed by atoms with Gasteiger partial charge < -0.3 is 5.32 Å². The third-order valence-electron chi connectivity index (χ3n) is 2.91. The van der Waals surface area contributed by atoms with E-state index in [0.717, 1.165) is 11.1 Å². The molecule has 0 aliphatic carbocycles. The summed E-state index contributed by atoms with van der Waals surface area (Å²) in [4.78, 5) is 0. The molecule has 0 atom stereocenters. The van der Waals surface area contributed by atoms with Crippen molar-refractivity contribution in [3.8, 4) is 29.3 Å². The van der Waals surface area contributed by atoms with Gasteiger partial charge in [-0.15, -0.1) is 0 Å². The Morgan fingerprint density at radius 1 is 0.909 bits per heavy atom. The lowest BCUT2D eigenvalue weighted by atomic mass is 10.0. The maximum Gasteiger partial charge on any atom is 0.163 e. The second kappa shape index (κ2) is 6.95. The van der Waals surface area contributed by atoms with Crippen LogP contribution in [0.5, 0.6) is 0 Å². The van der Waals surface area contributed by atoms with E-state index in [1.54, 1.807) is 36.4 Å². The fraction of sp³-hybridized carbons (Fsp3) is 0. The monoisotopic (exact) mass is 304 g/mol. The molecule has 0 fully saturated rings. The van der Waals surface area contributed by atoms with Crippen molar-refractivity contribution in [1.29, 1.82) is 15.8 Å². The lowest BCUT2D eigenvalue weighted by molar-refractivity contribution is 1.37. The first-order valence-electron chi connectivity index (χ1n) is 6.26. The summed E-state index contributed by atoms with van der Waals surface area (Å²) in [6.07, 6.45) is 0. The van der Waals surface area contributed by atoms with E-state index in [0.29, 0.717) is 10.7 Å². The van der Waals surface area contributed by atoms with Crippen LogP contribution in [0.3, 0.4) is 0 Å². The van der Waals surface area contributed by atoms with Crippen LogP contribution in [0.25, 0.3) is 11.1 Å². The summed E-state index contributed by atoms with van der Waals surface area (Å²) in [5.74, 6) is 0. The molecule has 0 spiro atoms. The molecule has 0 radical (unpaired) electrons. The number of nitrogens with zero attached hydrogens (tertiary/aromatic N) is 3. The lowest BCUT2D eigenvalue weighted by Crippen LogP contribution is -2.02. The first-order valence-corrected chi connectivity index (χ1v) is 6.64. The van der Waals surface area contributed by atoms with Gasteiger partial charge in [-0.3, -0.25) is 0 Å². The van der Waals surface area contributed by atoms with E-state index in [2.05, 4.69) is 5.32 Å². The van der Waals surface area contributed by atoms with Crippen molar-refractivity contribution in [3.63, 3.8) is 0 Å². The van der Waals surface area contributed by atoms with Crippen LogP contribution in [0, 0.1) is 34.0 Å². The van der Waals surface area contributed by atoms with Crippen LogP contribution in [0.2, 0.25) is 5.02 Å². The Kier molecular flexibility index (Phi) is 4.78. The molecule has 2 rings (SSSR count). The van der Waals surface area contributed by atoms with Crippen LogP contribution in [-0.2, 0) is 0 Å². The molecule has 1 N–H and O–H groups in total. The Balaban J connectivity index is 2.52. The first kappa shape index (κ1) is 15.1. The zero-order chi connectivity index (χ0) is 15.9. The van der Waals surface area contributed by atoms with Crippen LogP contribution in [-0.4, -0.2) is 0 Å². The molecule has 5 heteroatoms. The molecule has 0 amide bonds. The van der Waals surface area contributed by atoms with Crippen LogP contribution < -0.4 is 5.32 Å². The van der Waals surface area contributed by atoms with E-state index >= 15 is 0 Å². The Labute approximate surface area is 133 Å². The number of anilines is 1. The van der Waals surface area contributed by atoms with Crippen molar-refractivity contribution in [2.75, 3.05) is 5.32 Å². The van der Waals surface area contributed by atoms with Crippen LogP contribution >= 0.6 is 11.6 Å². The summed E-state index contributed by atoms with van der Waals surface area (Å²) in [5.41, 5.74) is 1.95. The number of rotatable bonds is 3. The maximum atomic E-state index is 9.13. The number of hydrogen-bond acceptors (Lipinski definition) is 4. The molecule has 104 valence electrons. The minimum atomic E-state index is -0.261. The smallest absolute Gasteiger partial charge is 0.163 e. The summed E-state index contributed by atoms with van der Waals surface area (Å²) in [6, 6.07) is 19.8. The number of para-hydroxylation sites is 1. The van der Waals surface area contributed by atoms with Crippen molar-refractivity contribution < 1.29 is 0 Å². The van der Waals surface area contributed by atoms with Gasteiger partial charge in [0.05, 0.1) is 0 Å². The summed E-state index contributed by atoms with van der Waals surface area (Å²) in [7, 11) is 0.